The Labute approximate surface area is 199 Å². The number of hydrogen-bond acceptors (Lipinski definition) is 7. The molecule has 5 rings (SSSR count). The summed E-state index contributed by atoms with van der Waals surface area (Å²) in [4.78, 5) is 36.6. The SMILES string of the molecule is CC(=O)Oc1cccc(C(=O)Nc2ccccc2Sc2ncnc3sc4c(c23)CCCC4)c1. The highest BCUT2D eigenvalue weighted by Crippen LogP contribution is 2.42. The Kier molecular flexibility index (Phi) is 6.11. The first kappa shape index (κ1) is 21.6. The van der Waals surface area contributed by atoms with Crippen molar-refractivity contribution < 1.29 is 14.3 Å². The van der Waals surface area contributed by atoms with Crippen LogP contribution in [-0.2, 0) is 17.6 Å². The van der Waals surface area contributed by atoms with E-state index in [0.717, 1.165) is 33.0 Å². The highest BCUT2D eigenvalue weighted by Gasteiger charge is 2.21. The minimum atomic E-state index is -0.430. The smallest absolute Gasteiger partial charge is 0.308 e. The molecular formula is C25H21N3O3S2. The lowest BCUT2D eigenvalue weighted by molar-refractivity contribution is -0.131. The van der Waals surface area contributed by atoms with Gasteiger partial charge in [-0.3, -0.25) is 9.59 Å². The molecule has 2 heterocycles. The molecule has 0 aliphatic heterocycles. The average Bonchev–Trinajstić information content (AvgIpc) is 3.20. The number of amides is 1. The second kappa shape index (κ2) is 9.33. The number of ether oxygens (including phenoxy) is 1. The number of aromatic nitrogens is 2. The summed E-state index contributed by atoms with van der Waals surface area (Å²) in [5.74, 6) is -0.373. The van der Waals surface area contributed by atoms with E-state index in [1.165, 1.54) is 30.2 Å². The van der Waals surface area contributed by atoms with Crippen LogP contribution >= 0.6 is 23.1 Å². The van der Waals surface area contributed by atoms with Crippen LogP contribution in [0.4, 0.5) is 5.69 Å². The van der Waals surface area contributed by atoms with Gasteiger partial charge in [-0.25, -0.2) is 9.97 Å². The van der Waals surface area contributed by atoms with Crippen LogP contribution in [0.2, 0.25) is 0 Å². The molecule has 0 fully saturated rings. The Morgan fingerprint density at radius 1 is 1.06 bits per heavy atom. The van der Waals surface area contributed by atoms with Crippen LogP contribution in [0.1, 0.15) is 40.6 Å². The lowest BCUT2D eigenvalue weighted by atomic mass is 9.97. The number of hydrogen-bond donors (Lipinski definition) is 1. The van der Waals surface area contributed by atoms with E-state index < -0.39 is 5.97 Å². The van der Waals surface area contributed by atoms with Gasteiger partial charge in [0.25, 0.3) is 5.91 Å². The van der Waals surface area contributed by atoms with Crippen molar-refractivity contribution in [1.29, 1.82) is 0 Å². The van der Waals surface area contributed by atoms with E-state index in [0.29, 0.717) is 17.0 Å². The highest BCUT2D eigenvalue weighted by atomic mass is 32.2. The van der Waals surface area contributed by atoms with Crippen LogP contribution in [-0.4, -0.2) is 21.8 Å². The standard InChI is InChI=1S/C25H21N3O3S2/c1-15(29)31-17-8-6-7-16(13-17)23(30)28-19-10-3-5-12-21(19)33-25-22-18-9-2-4-11-20(18)32-24(22)26-14-27-25/h3,5-8,10,12-14H,2,4,9,11H2,1H3,(H,28,30). The summed E-state index contributed by atoms with van der Waals surface area (Å²) in [7, 11) is 0. The van der Waals surface area contributed by atoms with E-state index in [1.807, 2.05) is 24.3 Å². The van der Waals surface area contributed by atoms with E-state index >= 15 is 0 Å². The molecule has 0 spiro atoms. The Morgan fingerprint density at radius 2 is 1.91 bits per heavy atom. The number of thiophene rings is 1. The van der Waals surface area contributed by atoms with Crippen LogP contribution in [0.25, 0.3) is 10.2 Å². The largest absolute Gasteiger partial charge is 0.427 e. The van der Waals surface area contributed by atoms with Crippen molar-refractivity contribution in [2.24, 2.45) is 0 Å². The van der Waals surface area contributed by atoms with Gasteiger partial charge in [0.15, 0.2) is 0 Å². The average molecular weight is 476 g/mol. The first-order valence-electron chi connectivity index (χ1n) is 10.7. The second-order valence-electron chi connectivity index (χ2n) is 7.74. The number of anilines is 1. The van der Waals surface area contributed by atoms with Crippen LogP contribution in [0.5, 0.6) is 5.75 Å². The van der Waals surface area contributed by atoms with Gasteiger partial charge in [-0.15, -0.1) is 11.3 Å². The van der Waals surface area contributed by atoms with Crippen molar-refractivity contribution >= 4 is 50.9 Å². The van der Waals surface area contributed by atoms with Crippen molar-refractivity contribution in [3.05, 3.63) is 70.9 Å². The summed E-state index contributed by atoms with van der Waals surface area (Å²) >= 11 is 3.31. The molecule has 1 aliphatic rings. The molecule has 1 aliphatic carbocycles. The predicted octanol–water partition coefficient (Wildman–Crippen LogP) is 5.90. The molecule has 0 radical (unpaired) electrons. The fraction of sp³-hybridized carbons (Fsp3) is 0.200. The molecule has 4 aromatic rings. The molecule has 166 valence electrons. The topological polar surface area (TPSA) is 81.2 Å². The number of benzene rings is 2. The number of nitrogens with one attached hydrogen (secondary N) is 1. The third-order valence-corrected chi connectivity index (χ3v) is 7.69. The van der Waals surface area contributed by atoms with Crippen molar-refractivity contribution in [1.82, 2.24) is 9.97 Å². The molecule has 0 saturated carbocycles. The fourth-order valence-electron chi connectivity index (χ4n) is 3.96. The van der Waals surface area contributed by atoms with Gasteiger partial charge in [0.2, 0.25) is 0 Å². The fourth-order valence-corrected chi connectivity index (χ4v) is 6.26. The molecule has 8 heteroatoms. The predicted molar refractivity (Wildman–Crippen MR) is 130 cm³/mol. The zero-order valence-electron chi connectivity index (χ0n) is 18.0. The third kappa shape index (κ3) is 4.62. The van der Waals surface area contributed by atoms with E-state index in [2.05, 4.69) is 15.3 Å². The molecule has 33 heavy (non-hydrogen) atoms. The third-order valence-electron chi connectivity index (χ3n) is 5.42. The molecule has 0 bridgehead atoms. The molecule has 2 aromatic heterocycles. The molecule has 1 N–H and O–H groups in total. The quantitative estimate of drug-likeness (QED) is 0.220. The summed E-state index contributed by atoms with van der Waals surface area (Å²) in [5.41, 5.74) is 2.49. The molecule has 2 aromatic carbocycles. The molecule has 0 saturated heterocycles. The zero-order valence-corrected chi connectivity index (χ0v) is 19.6. The number of carbonyl (C=O) groups is 2. The van der Waals surface area contributed by atoms with Gasteiger partial charge in [-0.05, 0) is 61.6 Å². The lowest BCUT2D eigenvalue weighted by Gasteiger charge is -2.13. The molecule has 6 nitrogen and oxygen atoms in total. The van der Waals surface area contributed by atoms with Gasteiger partial charge in [-0.1, -0.05) is 30.0 Å². The Bertz CT molecular complexity index is 1370. The second-order valence-corrected chi connectivity index (χ2v) is 9.86. The molecular weight excluding hydrogens is 454 g/mol. The first-order valence-corrected chi connectivity index (χ1v) is 12.3. The Hall–Kier alpha value is -3.23. The number of aryl methyl sites for hydroxylation is 2. The maximum atomic E-state index is 12.9. The van der Waals surface area contributed by atoms with Gasteiger partial charge < -0.3 is 10.1 Å². The Balaban J connectivity index is 1.43. The zero-order chi connectivity index (χ0) is 22.8. The van der Waals surface area contributed by atoms with Crippen LogP contribution in [0, 0.1) is 0 Å². The van der Waals surface area contributed by atoms with E-state index in [-0.39, 0.29) is 5.91 Å². The summed E-state index contributed by atoms with van der Waals surface area (Å²) in [6, 6.07) is 14.2. The van der Waals surface area contributed by atoms with E-state index in [4.69, 9.17) is 4.74 Å². The number of fused-ring (bicyclic) bond motifs is 3. The minimum absolute atomic E-state index is 0.280. The van der Waals surface area contributed by atoms with Gasteiger partial charge in [-0.2, -0.15) is 0 Å². The number of esters is 1. The number of carbonyl (C=O) groups excluding carboxylic acids is 2. The number of nitrogens with zero attached hydrogens (tertiary/aromatic N) is 2. The monoisotopic (exact) mass is 475 g/mol. The summed E-state index contributed by atoms with van der Waals surface area (Å²) in [6.45, 7) is 1.33. The van der Waals surface area contributed by atoms with Gasteiger partial charge in [0, 0.05) is 27.6 Å². The lowest BCUT2D eigenvalue weighted by Crippen LogP contribution is -2.13. The van der Waals surface area contributed by atoms with Crippen molar-refractivity contribution in [3.63, 3.8) is 0 Å². The molecule has 0 unspecified atom stereocenters. The van der Waals surface area contributed by atoms with Crippen LogP contribution in [0.15, 0.2) is 64.8 Å². The van der Waals surface area contributed by atoms with E-state index in [9.17, 15) is 9.59 Å². The maximum absolute atomic E-state index is 12.9. The first-order chi connectivity index (χ1) is 16.1. The summed E-state index contributed by atoms with van der Waals surface area (Å²) in [6.07, 6.45) is 6.21. The van der Waals surface area contributed by atoms with Crippen molar-refractivity contribution in [3.8, 4) is 5.75 Å². The molecule has 0 atom stereocenters. The Morgan fingerprint density at radius 3 is 2.79 bits per heavy atom. The number of para-hydroxylation sites is 1. The van der Waals surface area contributed by atoms with Crippen molar-refractivity contribution in [2.45, 2.75) is 42.5 Å². The van der Waals surface area contributed by atoms with Gasteiger partial charge in [0.1, 0.15) is 21.9 Å². The normalized spacial score (nSPS) is 12.9. The number of rotatable bonds is 5. The van der Waals surface area contributed by atoms with Gasteiger partial charge in [0.05, 0.1) is 5.69 Å². The van der Waals surface area contributed by atoms with Crippen LogP contribution < -0.4 is 10.1 Å². The summed E-state index contributed by atoms with van der Waals surface area (Å²) in [5, 5.41) is 5.06. The van der Waals surface area contributed by atoms with Crippen molar-refractivity contribution in [2.75, 3.05) is 5.32 Å². The van der Waals surface area contributed by atoms with E-state index in [1.54, 1.807) is 53.7 Å². The minimum Gasteiger partial charge on any atom is -0.427 e. The highest BCUT2D eigenvalue weighted by molar-refractivity contribution is 7.99. The maximum Gasteiger partial charge on any atom is 0.308 e. The van der Waals surface area contributed by atoms with Gasteiger partial charge >= 0.3 is 5.97 Å². The van der Waals surface area contributed by atoms with Crippen LogP contribution in [0.3, 0.4) is 0 Å². The summed E-state index contributed by atoms with van der Waals surface area (Å²) < 4.78 is 5.10. The molecule has 1 amide bonds.